The van der Waals surface area contributed by atoms with Gasteiger partial charge in [-0.3, -0.25) is 4.99 Å². The first-order valence-electron chi connectivity index (χ1n) is 6.25. The van der Waals surface area contributed by atoms with E-state index in [4.69, 9.17) is 4.74 Å². The number of hydrogen-bond acceptors (Lipinski definition) is 3. The van der Waals surface area contributed by atoms with Gasteiger partial charge in [-0.25, -0.2) is 0 Å². The molecule has 0 spiro atoms. The Morgan fingerprint density at radius 1 is 1.56 bits per heavy atom. The highest BCUT2D eigenvalue weighted by Gasteiger charge is 2.30. The van der Waals surface area contributed by atoms with E-state index in [0.29, 0.717) is 0 Å². The van der Waals surface area contributed by atoms with E-state index in [1.807, 2.05) is 11.8 Å². The van der Waals surface area contributed by atoms with Crippen LogP contribution in [0.25, 0.3) is 0 Å². The molecule has 4 heteroatoms. The van der Waals surface area contributed by atoms with E-state index in [9.17, 15) is 0 Å². The quantitative estimate of drug-likeness (QED) is 0.725. The number of aliphatic imine (C=N–C) groups is 1. The number of nitrogens with zero attached hydrogens (tertiary/aromatic N) is 1. The van der Waals surface area contributed by atoms with E-state index in [1.54, 1.807) is 0 Å². The molecule has 0 aromatic heterocycles. The minimum Gasteiger partial charge on any atom is -0.379 e. The van der Waals surface area contributed by atoms with Crippen LogP contribution in [-0.2, 0) is 4.74 Å². The lowest BCUT2D eigenvalue weighted by Gasteiger charge is -2.20. The fourth-order valence-corrected chi connectivity index (χ4v) is 2.81. The van der Waals surface area contributed by atoms with Crippen molar-refractivity contribution in [2.45, 2.75) is 38.6 Å². The topological polar surface area (TPSA) is 33.6 Å². The molecule has 1 aliphatic heterocycles. The van der Waals surface area contributed by atoms with Crippen LogP contribution in [0.15, 0.2) is 4.99 Å². The lowest BCUT2D eigenvalue weighted by Crippen LogP contribution is -2.39. The smallest absolute Gasteiger partial charge is 0.157 e. The Balaban J connectivity index is 1.60. The van der Waals surface area contributed by atoms with E-state index < -0.39 is 0 Å². The molecule has 3 nitrogen and oxygen atoms in total. The van der Waals surface area contributed by atoms with E-state index >= 15 is 0 Å². The lowest BCUT2D eigenvalue weighted by molar-refractivity contribution is 0.132. The third-order valence-electron chi connectivity index (χ3n) is 3.26. The molecule has 0 aromatic rings. The van der Waals surface area contributed by atoms with E-state index in [2.05, 4.69) is 24.2 Å². The van der Waals surface area contributed by atoms with Crippen molar-refractivity contribution in [3.63, 3.8) is 0 Å². The van der Waals surface area contributed by atoms with Gasteiger partial charge in [0.25, 0.3) is 0 Å². The summed E-state index contributed by atoms with van der Waals surface area (Å²) in [4.78, 5) is 4.53. The first kappa shape index (κ1) is 12.2. The van der Waals surface area contributed by atoms with Crippen molar-refractivity contribution in [2.75, 3.05) is 25.5 Å². The molecule has 1 saturated carbocycles. The van der Waals surface area contributed by atoms with Crippen LogP contribution in [0, 0.1) is 5.92 Å². The summed E-state index contributed by atoms with van der Waals surface area (Å²) in [6, 6.07) is 0. The van der Waals surface area contributed by atoms with Gasteiger partial charge in [-0.1, -0.05) is 18.7 Å². The van der Waals surface area contributed by atoms with E-state index in [-0.39, 0.29) is 5.54 Å². The molecule has 16 heavy (non-hydrogen) atoms. The summed E-state index contributed by atoms with van der Waals surface area (Å²) in [5, 5.41) is 4.58. The molecule has 1 heterocycles. The lowest BCUT2D eigenvalue weighted by atomic mass is 10.0. The molecule has 1 unspecified atom stereocenters. The minimum atomic E-state index is 0.248. The molecule has 1 N–H and O–H groups in total. The van der Waals surface area contributed by atoms with Crippen molar-refractivity contribution < 1.29 is 4.74 Å². The summed E-state index contributed by atoms with van der Waals surface area (Å²) < 4.78 is 5.55. The average molecular weight is 242 g/mol. The zero-order chi connectivity index (χ0) is 11.4. The van der Waals surface area contributed by atoms with Crippen LogP contribution in [0.3, 0.4) is 0 Å². The Kier molecular flexibility index (Phi) is 4.14. The molecule has 2 rings (SSSR count). The van der Waals surface area contributed by atoms with Gasteiger partial charge in [0, 0.05) is 17.9 Å². The highest BCUT2D eigenvalue weighted by atomic mass is 32.2. The summed E-state index contributed by atoms with van der Waals surface area (Å²) in [7, 11) is 0. The maximum atomic E-state index is 5.55. The molecule has 1 atom stereocenters. The van der Waals surface area contributed by atoms with Gasteiger partial charge >= 0.3 is 0 Å². The van der Waals surface area contributed by atoms with Crippen LogP contribution in [0.5, 0.6) is 0 Å². The second-order valence-corrected chi connectivity index (χ2v) is 6.00. The molecule has 92 valence electrons. The Bertz CT molecular complexity index is 266. The van der Waals surface area contributed by atoms with Crippen LogP contribution in [0.2, 0.25) is 0 Å². The molecule has 2 fully saturated rings. The second-order valence-electron chi connectivity index (χ2n) is 5.03. The standard InChI is InChI=1S/C12H22N2OS/c1-3-12(2)9-16-11(14-12)13-6-7-15-8-10-4-5-10/h10H,3-9H2,1-2H3,(H,13,14). The van der Waals surface area contributed by atoms with Gasteiger partial charge < -0.3 is 10.1 Å². The minimum absolute atomic E-state index is 0.248. The van der Waals surface area contributed by atoms with Crippen LogP contribution in [-0.4, -0.2) is 36.2 Å². The molecule has 2 aliphatic rings. The molecule has 0 bridgehead atoms. The van der Waals surface area contributed by atoms with Gasteiger partial charge in [0.05, 0.1) is 13.2 Å². The number of rotatable bonds is 6. The monoisotopic (exact) mass is 242 g/mol. The van der Waals surface area contributed by atoms with Gasteiger partial charge in [-0.2, -0.15) is 0 Å². The molecule has 1 saturated heterocycles. The summed E-state index contributed by atoms with van der Waals surface area (Å²) in [5.74, 6) is 1.99. The predicted octanol–water partition coefficient (Wildman–Crippen LogP) is 2.27. The Morgan fingerprint density at radius 3 is 3.00 bits per heavy atom. The summed E-state index contributed by atoms with van der Waals surface area (Å²) >= 11 is 1.83. The van der Waals surface area contributed by atoms with Crippen molar-refractivity contribution >= 4 is 16.9 Å². The number of ether oxygens (including phenoxy) is 1. The first-order valence-corrected chi connectivity index (χ1v) is 7.23. The normalized spacial score (nSPS) is 32.0. The van der Waals surface area contributed by atoms with Gasteiger partial charge in [-0.05, 0) is 32.1 Å². The van der Waals surface area contributed by atoms with Crippen molar-refractivity contribution in [2.24, 2.45) is 10.9 Å². The second kappa shape index (κ2) is 5.41. The zero-order valence-corrected chi connectivity index (χ0v) is 11.1. The third kappa shape index (κ3) is 3.67. The Hall–Kier alpha value is -0.220. The summed E-state index contributed by atoms with van der Waals surface area (Å²) in [5.41, 5.74) is 0.248. The predicted molar refractivity (Wildman–Crippen MR) is 70.1 cm³/mol. The molecular formula is C12H22N2OS. The SMILES string of the molecule is CCC1(C)CSC(=NCCOCC2CC2)N1. The molecule has 0 amide bonds. The highest BCUT2D eigenvalue weighted by molar-refractivity contribution is 8.14. The van der Waals surface area contributed by atoms with Crippen LogP contribution in [0.1, 0.15) is 33.1 Å². The van der Waals surface area contributed by atoms with Crippen molar-refractivity contribution in [1.82, 2.24) is 5.32 Å². The maximum absolute atomic E-state index is 5.55. The largest absolute Gasteiger partial charge is 0.379 e. The van der Waals surface area contributed by atoms with Gasteiger partial charge in [-0.15, -0.1) is 0 Å². The van der Waals surface area contributed by atoms with E-state index in [1.165, 1.54) is 12.8 Å². The van der Waals surface area contributed by atoms with Crippen LogP contribution < -0.4 is 5.32 Å². The molecule has 0 aromatic carbocycles. The molecular weight excluding hydrogens is 220 g/mol. The molecule has 1 aliphatic carbocycles. The van der Waals surface area contributed by atoms with Crippen LogP contribution in [0.4, 0.5) is 0 Å². The van der Waals surface area contributed by atoms with Crippen molar-refractivity contribution in [1.29, 1.82) is 0 Å². The Morgan fingerprint density at radius 2 is 2.38 bits per heavy atom. The van der Waals surface area contributed by atoms with Crippen molar-refractivity contribution in [3.05, 3.63) is 0 Å². The number of hydrogen-bond donors (Lipinski definition) is 1. The highest BCUT2D eigenvalue weighted by Crippen LogP contribution is 2.28. The van der Waals surface area contributed by atoms with Crippen molar-refractivity contribution in [3.8, 4) is 0 Å². The van der Waals surface area contributed by atoms with Gasteiger partial charge in [0.2, 0.25) is 0 Å². The fourth-order valence-electron chi connectivity index (χ4n) is 1.58. The van der Waals surface area contributed by atoms with Gasteiger partial charge in [0.1, 0.15) is 0 Å². The molecule has 0 radical (unpaired) electrons. The summed E-state index contributed by atoms with van der Waals surface area (Å²) in [6.45, 7) is 6.98. The number of nitrogens with one attached hydrogen (secondary N) is 1. The maximum Gasteiger partial charge on any atom is 0.157 e. The zero-order valence-electron chi connectivity index (χ0n) is 10.3. The van der Waals surface area contributed by atoms with E-state index in [0.717, 1.165) is 43.0 Å². The van der Waals surface area contributed by atoms with Crippen LogP contribution >= 0.6 is 11.8 Å². The fraction of sp³-hybridized carbons (Fsp3) is 0.917. The average Bonchev–Trinajstić information content (AvgIpc) is 3.02. The summed E-state index contributed by atoms with van der Waals surface area (Å²) in [6.07, 6.45) is 3.87. The number of thioether (sulfide) groups is 1. The van der Waals surface area contributed by atoms with Gasteiger partial charge in [0.15, 0.2) is 5.17 Å². The first-order chi connectivity index (χ1) is 7.72. The third-order valence-corrected chi connectivity index (χ3v) is 4.54. The number of amidine groups is 1. The Labute approximate surface area is 102 Å².